The zero-order valence-electron chi connectivity index (χ0n) is 11.6. The first kappa shape index (κ1) is 14.9. The van der Waals surface area contributed by atoms with Crippen LogP contribution in [-0.4, -0.2) is 44.8 Å². The van der Waals surface area contributed by atoms with E-state index in [1.807, 2.05) is 0 Å². The van der Waals surface area contributed by atoms with E-state index in [9.17, 15) is 12.8 Å². The Hall–Kier alpha value is -1.02. The number of ether oxygens (including phenoxy) is 2. The van der Waals surface area contributed by atoms with Crippen LogP contribution >= 0.6 is 0 Å². The highest BCUT2D eigenvalue weighted by atomic mass is 32.2. The number of nitrogens with zero attached hydrogens (tertiary/aromatic N) is 1. The highest BCUT2D eigenvalue weighted by Gasteiger charge is 2.40. The SMILES string of the molecule is O=S(=O)(c1cccc(F)c1)N1CCCC[C@H]1C1OCCO1. The Morgan fingerprint density at radius 3 is 2.67 bits per heavy atom. The van der Waals surface area contributed by atoms with Gasteiger partial charge >= 0.3 is 0 Å². The average Bonchev–Trinajstić information content (AvgIpc) is 3.01. The molecule has 0 unspecified atom stereocenters. The van der Waals surface area contributed by atoms with Crippen LogP contribution in [0.5, 0.6) is 0 Å². The summed E-state index contributed by atoms with van der Waals surface area (Å²) in [6.45, 7) is 1.37. The van der Waals surface area contributed by atoms with Gasteiger partial charge < -0.3 is 9.47 Å². The van der Waals surface area contributed by atoms with Crippen molar-refractivity contribution >= 4 is 10.0 Å². The van der Waals surface area contributed by atoms with Crippen molar-refractivity contribution in [2.75, 3.05) is 19.8 Å². The molecule has 0 N–H and O–H groups in total. The maximum atomic E-state index is 13.3. The van der Waals surface area contributed by atoms with Crippen LogP contribution in [0.25, 0.3) is 0 Å². The van der Waals surface area contributed by atoms with Crippen LogP contribution in [0.15, 0.2) is 29.2 Å². The van der Waals surface area contributed by atoms with Gasteiger partial charge in [0.15, 0.2) is 6.29 Å². The lowest BCUT2D eigenvalue weighted by Gasteiger charge is -2.36. The molecule has 0 aromatic heterocycles. The summed E-state index contributed by atoms with van der Waals surface area (Å²) >= 11 is 0. The van der Waals surface area contributed by atoms with Crippen molar-refractivity contribution < 1.29 is 22.3 Å². The van der Waals surface area contributed by atoms with Crippen molar-refractivity contribution in [3.8, 4) is 0 Å². The molecule has 0 amide bonds. The first-order chi connectivity index (χ1) is 10.1. The fraction of sp³-hybridized carbons (Fsp3) is 0.571. The molecule has 2 fully saturated rings. The van der Waals surface area contributed by atoms with Gasteiger partial charge in [0.2, 0.25) is 10.0 Å². The largest absolute Gasteiger partial charge is 0.349 e. The summed E-state index contributed by atoms with van der Waals surface area (Å²) in [5.74, 6) is -0.557. The molecule has 2 aliphatic rings. The lowest BCUT2D eigenvalue weighted by atomic mass is 10.0. The number of benzene rings is 1. The molecular weight excluding hydrogens is 297 g/mol. The highest BCUT2D eigenvalue weighted by molar-refractivity contribution is 7.89. The summed E-state index contributed by atoms with van der Waals surface area (Å²) in [4.78, 5) is -0.0209. The third-order valence-corrected chi connectivity index (χ3v) is 5.78. The van der Waals surface area contributed by atoms with Gasteiger partial charge in [0.1, 0.15) is 5.82 Å². The minimum Gasteiger partial charge on any atom is -0.349 e. The van der Waals surface area contributed by atoms with Crippen molar-refractivity contribution in [1.82, 2.24) is 4.31 Å². The zero-order valence-corrected chi connectivity index (χ0v) is 12.4. The molecule has 3 rings (SSSR count). The molecule has 2 saturated heterocycles. The van der Waals surface area contributed by atoms with E-state index in [-0.39, 0.29) is 10.9 Å². The molecule has 1 atom stereocenters. The van der Waals surface area contributed by atoms with Gasteiger partial charge in [-0.15, -0.1) is 0 Å². The molecule has 0 bridgehead atoms. The van der Waals surface area contributed by atoms with Crippen LogP contribution in [-0.2, 0) is 19.5 Å². The predicted molar refractivity (Wildman–Crippen MR) is 73.6 cm³/mol. The van der Waals surface area contributed by atoms with Gasteiger partial charge in [0.25, 0.3) is 0 Å². The van der Waals surface area contributed by atoms with E-state index < -0.39 is 22.1 Å². The molecule has 21 heavy (non-hydrogen) atoms. The number of halogens is 1. The van der Waals surface area contributed by atoms with Gasteiger partial charge in [-0.05, 0) is 31.0 Å². The third-order valence-electron chi connectivity index (χ3n) is 3.86. The molecule has 0 saturated carbocycles. The summed E-state index contributed by atoms with van der Waals surface area (Å²) in [5.41, 5.74) is 0. The molecule has 2 aliphatic heterocycles. The van der Waals surface area contributed by atoms with E-state index in [1.54, 1.807) is 0 Å². The Morgan fingerprint density at radius 1 is 1.19 bits per heavy atom. The summed E-state index contributed by atoms with van der Waals surface area (Å²) in [6, 6.07) is 4.77. The number of piperidine rings is 1. The molecule has 0 radical (unpaired) electrons. The standard InChI is InChI=1S/C14H18FNO4S/c15-11-4-3-5-12(10-11)21(17,18)16-7-2-1-6-13(16)14-19-8-9-20-14/h3-5,10,13-14H,1-2,6-9H2/t13-/m0/s1. The smallest absolute Gasteiger partial charge is 0.243 e. The van der Waals surface area contributed by atoms with Crippen molar-refractivity contribution in [2.24, 2.45) is 0 Å². The maximum Gasteiger partial charge on any atom is 0.243 e. The van der Waals surface area contributed by atoms with E-state index in [1.165, 1.54) is 22.5 Å². The van der Waals surface area contributed by atoms with E-state index >= 15 is 0 Å². The molecule has 0 aliphatic carbocycles. The van der Waals surface area contributed by atoms with Crippen molar-refractivity contribution in [2.45, 2.75) is 36.5 Å². The normalized spacial score (nSPS) is 25.3. The molecule has 7 heteroatoms. The summed E-state index contributed by atoms with van der Waals surface area (Å²) < 4.78 is 51.2. The molecule has 116 valence electrons. The summed E-state index contributed by atoms with van der Waals surface area (Å²) in [5, 5.41) is 0. The van der Waals surface area contributed by atoms with Gasteiger partial charge in [-0.25, -0.2) is 12.8 Å². The van der Waals surface area contributed by atoms with Gasteiger partial charge in [0, 0.05) is 6.54 Å². The Labute approximate surface area is 123 Å². The van der Waals surface area contributed by atoms with Crippen LogP contribution in [0.4, 0.5) is 4.39 Å². The molecule has 5 nitrogen and oxygen atoms in total. The maximum absolute atomic E-state index is 13.3. The first-order valence-electron chi connectivity index (χ1n) is 7.10. The Balaban J connectivity index is 1.91. The molecule has 1 aromatic carbocycles. The van der Waals surface area contributed by atoms with Gasteiger partial charge in [-0.1, -0.05) is 12.5 Å². The van der Waals surface area contributed by atoms with Crippen LogP contribution in [0, 0.1) is 5.82 Å². The van der Waals surface area contributed by atoms with E-state index in [0.717, 1.165) is 18.9 Å². The molecule has 0 spiro atoms. The zero-order chi connectivity index (χ0) is 14.9. The highest BCUT2D eigenvalue weighted by Crippen LogP contribution is 2.29. The number of rotatable bonds is 3. The summed E-state index contributed by atoms with van der Waals surface area (Å²) in [6.07, 6.45) is 1.90. The second-order valence-corrected chi connectivity index (χ2v) is 7.14. The lowest BCUT2D eigenvalue weighted by Crippen LogP contribution is -2.50. The quantitative estimate of drug-likeness (QED) is 0.852. The van der Waals surface area contributed by atoms with Crippen LogP contribution in [0.2, 0.25) is 0 Å². The second-order valence-electron chi connectivity index (χ2n) is 5.25. The van der Waals surface area contributed by atoms with E-state index in [0.29, 0.717) is 26.2 Å². The Morgan fingerprint density at radius 2 is 1.95 bits per heavy atom. The van der Waals surface area contributed by atoms with Crippen molar-refractivity contribution in [1.29, 1.82) is 0 Å². The number of hydrogen-bond acceptors (Lipinski definition) is 4. The average molecular weight is 315 g/mol. The van der Waals surface area contributed by atoms with Crippen LogP contribution in [0.1, 0.15) is 19.3 Å². The molecule has 2 heterocycles. The van der Waals surface area contributed by atoms with Crippen molar-refractivity contribution in [3.63, 3.8) is 0 Å². The van der Waals surface area contributed by atoms with Gasteiger partial charge in [0.05, 0.1) is 24.2 Å². The second kappa shape index (κ2) is 6.00. The fourth-order valence-corrected chi connectivity index (χ4v) is 4.58. The lowest BCUT2D eigenvalue weighted by molar-refractivity contribution is -0.0913. The first-order valence-corrected chi connectivity index (χ1v) is 8.54. The monoisotopic (exact) mass is 315 g/mol. The van der Waals surface area contributed by atoms with Crippen LogP contribution in [0.3, 0.4) is 0 Å². The topological polar surface area (TPSA) is 55.8 Å². The van der Waals surface area contributed by atoms with E-state index in [2.05, 4.69) is 0 Å². The minimum atomic E-state index is -3.74. The Kier molecular flexibility index (Phi) is 4.26. The van der Waals surface area contributed by atoms with Gasteiger partial charge in [-0.3, -0.25) is 0 Å². The van der Waals surface area contributed by atoms with Gasteiger partial charge in [-0.2, -0.15) is 4.31 Å². The summed E-state index contributed by atoms with van der Waals surface area (Å²) in [7, 11) is -3.74. The Bertz CT molecular complexity index is 601. The minimum absolute atomic E-state index is 0.0209. The molecular formula is C14H18FNO4S. The van der Waals surface area contributed by atoms with Crippen molar-refractivity contribution in [3.05, 3.63) is 30.1 Å². The van der Waals surface area contributed by atoms with E-state index in [4.69, 9.17) is 9.47 Å². The number of hydrogen-bond donors (Lipinski definition) is 0. The van der Waals surface area contributed by atoms with Crippen LogP contribution < -0.4 is 0 Å². The molecule has 1 aromatic rings. The fourth-order valence-electron chi connectivity index (χ4n) is 2.86. The third kappa shape index (κ3) is 2.96. The predicted octanol–water partition coefficient (Wildman–Crippen LogP) is 1.74. The number of sulfonamides is 1.